The molecule has 0 aliphatic heterocycles. The molecule has 0 amide bonds. The Labute approximate surface area is 123 Å². The van der Waals surface area contributed by atoms with Crippen LogP contribution in [0, 0.1) is 6.92 Å². The first-order valence-electron chi connectivity index (χ1n) is 6.78. The number of aryl methyl sites for hydroxylation is 1. The van der Waals surface area contributed by atoms with Crippen molar-refractivity contribution in [3.05, 3.63) is 11.7 Å². The normalized spacial score (nSPS) is 10.5. The summed E-state index contributed by atoms with van der Waals surface area (Å²) in [6.07, 6.45) is 0.611. The maximum absolute atomic E-state index is 5.05. The number of hydrogen-bond acceptors (Lipinski definition) is 9. The van der Waals surface area contributed by atoms with E-state index >= 15 is 0 Å². The Morgan fingerprint density at radius 2 is 1.76 bits per heavy atom. The van der Waals surface area contributed by atoms with Crippen molar-refractivity contribution < 1.29 is 4.52 Å². The molecule has 0 fully saturated rings. The monoisotopic (exact) mass is 292 g/mol. The summed E-state index contributed by atoms with van der Waals surface area (Å²) in [5, 5.41) is 9.97. The van der Waals surface area contributed by atoms with E-state index < -0.39 is 0 Å². The second-order valence-electron chi connectivity index (χ2n) is 4.62. The molecule has 0 spiro atoms. The summed E-state index contributed by atoms with van der Waals surface area (Å²) in [5.74, 6) is 2.88. The van der Waals surface area contributed by atoms with Gasteiger partial charge in [0, 0.05) is 33.6 Å². The van der Waals surface area contributed by atoms with Gasteiger partial charge >= 0.3 is 0 Å². The summed E-state index contributed by atoms with van der Waals surface area (Å²) in [6.45, 7) is 5.13. The fraction of sp³-hybridized carbons (Fsp3) is 0.583. The largest absolute Gasteiger partial charge is 0.354 e. The van der Waals surface area contributed by atoms with Gasteiger partial charge in [-0.15, -0.1) is 0 Å². The van der Waals surface area contributed by atoms with Crippen molar-refractivity contribution in [3.8, 4) is 0 Å². The zero-order chi connectivity index (χ0) is 15.2. The van der Waals surface area contributed by atoms with E-state index in [-0.39, 0.29) is 0 Å². The summed E-state index contributed by atoms with van der Waals surface area (Å²) in [5.41, 5.74) is 0. The van der Waals surface area contributed by atoms with Crippen LogP contribution in [0.1, 0.15) is 18.6 Å². The Morgan fingerprint density at radius 3 is 2.33 bits per heavy atom. The number of nitrogens with zero attached hydrogens (tertiary/aromatic N) is 6. The molecule has 9 nitrogen and oxygen atoms in total. The Morgan fingerprint density at radius 1 is 1.05 bits per heavy atom. The van der Waals surface area contributed by atoms with Crippen molar-refractivity contribution >= 4 is 17.8 Å². The third-order valence-electron chi connectivity index (χ3n) is 2.55. The van der Waals surface area contributed by atoms with Crippen LogP contribution >= 0.6 is 0 Å². The van der Waals surface area contributed by atoms with Crippen molar-refractivity contribution in [3.63, 3.8) is 0 Å². The van der Waals surface area contributed by atoms with E-state index in [1.54, 1.807) is 6.92 Å². The fourth-order valence-electron chi connectivity index (χ4n) is 1.60. The topological polar surface area (TPSA) is 105 Å². The van der Waals surface area contributed by atoms with Gasteiger partial charge in [0.05, 0.1) is 0 Å². The van der Waals surface area contributed by atoms with Crippen LogP contribution in [0.2, 0.25) is 0 Å². The molecule has 21 heavy (non-hydrogen) atoms. The molecule has 0 atom stereocenters. The highest BCUT2D eigenvalue weighted by Crippen LogP contribution is 2.11. The van der Waals surface area contributed by atoms with Gasteiger partial charge in [-0.25, -0.2) is 0 Å². The minimum atomic E-state index is 0.515. The van der Waals surface area contributed by atoms with E-state index in [2.05, 4.69) is 35.7 Å². The lowest BCUT2D eigenvalue weighted by Crippen LogP contribution is -2.17. The second-order valence-corrected chi connectivity index (χ2v) is 4.62. The third-order valence-corrected chi connectivity index (χ3v) is 2.55. The number of rotatable bonds is 7. The lowest BCUT2D eigenvalue weighted by atomic mass is 10.4. The van der Waals surface area contributed by atoms with E-state index in [1.165, 1.54) is 0 Å². The molecule has 0 bridgehead atoms. The third kappa shape index (κ3) is 4.26. The Bertz CT molecular complexity index is 582. The first-order chi connectivity index (χ1) is 10.1. The minimum absolute atomic E-state index is 0.515. The molecule has 2 aromatic heterocycles. The fourth-order valence-corrected chi connectivity index (χ4v) is 1.60. The average molecular weight is 292 g/mol. The van der Waals surface area contributed by atoms with Crippen molar-refractivity contribution in [1.82, 2.24) is 25.1 Å². The van der Waals surface area contributed by atoms with E-state index in [0.29, 0.717) is 42.5 Å². The van der Waals surface area contributed by atoms with Gasteiger partial charge in [-0.2, -0.15) is 19.9 Å². The van der Waals surface area contributed by atoms with Crippen LogP contribution in [0.5, 0.6) is 0 Å². The zero-order valence-corrected chi connectivity index (χ0v) is 12.7. The molecule has 2 rings (SSSR count). The lowest BCUT2D eigenvalue weighted by Gasteiger charge is -2.13. The molecule has 2 N–H and O–H groups in total. The molecule has 114 valence electrons. The van der Waals surface area contributed by atoms with Gasteiger partial charge in [0.25, 0.3) is 0 Å². The maximum Gasteiger partial charge on any atom is 0.231 e. The van der Waals surface area contributed by atoms with E-state index in [1.807, 2.05) is 25.9 Å². The SMILES string of the molecule is CCNc1nc(NCCc2nc(C)no2)nc(N(C)C)n1. The van der Waals surface area contributed by atoms with E-state index in [0.717, 1.165) is 6.54 Å². The van der Waals surface area contributed by atoms with Gasteiger partial charge in [-0.05, 0) is 13.8 Å². The molecular formula is C12H20N8O. The highest BCUT2D eigenvalue weighted by molar-refractivity contribution is 5.42. The Balaban J connectivity index is 2.00. The number of nitrogens with one attached hydrogen (secondary N) is 2. The Hall–Kier alpha value is -2.45. The predicted molar refractivity (Wildman–Crippen MR) is 79.5 cm³/mol. The van der Waals surface area contributed by atoms with Gasteiger partial charge < -0.3 is 20.1 Å². The highest BCUT2D eigenvalue weighted by Gasteiger charge is 2.08. The van der Waals surface area contributed by atoms with Gasteiger partial charge in [0.15, 0.2) is 5.82 Å². The van der Waals surface area contributed by atoms with Gasteiger partial charge in [0.2, 0.25) is 23.7 Å². The van der Waals surface area contributed by atoms with Crippen LogP contribution in [-0.4, -0.2) is 52.3 Å². The first kappa shape index (κ1) is 14.9. The van der Waals surface area contributed by atoms with Gasteiger partial charge in [-0.1, -0.05) is 5.16 Å². The van der Waals surface area contributed by atoms with Crippen LogP contribution in [0.4, 0.5) is 17.8 Å². The summed E-state index contributed by atoms with van der Waals surface area (Å²) in [7, 11) is 3.77. The first-order valence-corrected chi connectivity index (χ1v) is 6.78. The minimum Gasteiger partial charge on any atom is -0.354 e. The van der Waals surface area contributed by atoms with Gasteiger partial charge in [-0.3, -0.25) is 0 Å². The Kier molecular flexibility index (Phi) is 4.85. The van der Waals surface area contributed by atoms with Crippen molar-refractivity contribution in [2.75, 3.05) is 42.7 Å². The van der Waals surface area contributed by atoms with Gasteiger partial charge in [0.1, 0.15) is 0 Å². The number of anilines is 3. The zero-order valence-electron chi connectivity index (χ0n) is 12.7. The molecule has 0 aliphatic carbocycles. The number of hydrogen-bond donors (Lipinski definition) is 2. The molecular weight excluding hydrogens is 272 g/mol. The highest BCUT2D eigenvalue weighted by atomic mass is 16.5. The van der Waals surface area contributed by atoms with Crippen molar-refractivity contribution in [2.24, 2.45) is 0 Å². The molecule has 0 unspecified atom stereocenters. The molecule has 0 saturated carbocycles. The van der Waals surface area contributed by atoms with Crippen molar-refractivity contribution in [2.45, 2.75) is 20.3 Å². The standard InChI is InChI=1S/C12H20N8O/c1-5-13-10-16-11(18-12(17-10)20(3)4)14-7-6-9-15-8(2)19-21-9/h5-7H2,1-4H3,(H2,13,14,16,17,18). The smallest absolute Gasteiger partial charge is 0.231 e. The van der Waals surface area contributed by atoms with Crippen LogP contribution in [0.3, 0.4) is 0 Å². The number of aromatic nitrogens is 5. The molecule has 0 aliphatic rings. The maximum atomic E-state index is 5.05. The molecule has 9 heteroatoms. The summed E-state index contributed by atoms with van der Waals surface area (Å²) in [4.78, 5) is 18.9. The summed E-state index contributed by atoms with van der Waals surface area (Å²) in [6, 6.07) is 0. The molecule has 0 radical (unpaired) electrons. The van der Waals surface area contributed by atoms with E-state index in [9.17, 15) is 0 Å². The van der Waals surface area contributed by atoms with Crippen molar-refractivity contribution in [1.29, 1.82) is 0 Å². The van der Waals surface area contributed by atoms with Crippen LogP contribution in [0.15, 0.2) is 4.52 Å². The lowest BCUT2D eigenvalue weighted by molar-refractivity contribution is 0.377. The molecule has 0 saturated heterocycles. The average Bonchev–Trinajstić information content (AvgIpc) is 2.84. The van der Waals surface area contributed by atoms with E-state index in [4.69, 9.17) is 4.52 Å². The molecule has 2 aromatic rings. The predicted octanol–water partition coefficient (Wildman–Crippen LogP) is 0.715. The summed E-state index contributed by atoms with van der Waals surface area (Å²) >= 11 is 0. The molecule has 2 heterocycles. The van der Waals surface area contributed by atoms with Crippen LogP contribution in [0.25, 0.3) is 0 Å². The second kappa shape index (κ2) is 6.82. The molecule has 0 aromatic carbocycles. The summed E-state index contributed by atoms with van der Waals surface area (Å²) < 4.78 is 5.05. The quantitative estimate of drug-likeness (QED) is 0.763. The van der Waals surface area contributed by atoms with Crippen LogP contribution < -0.4 is 15.5 Å². The van der Waals surface area contributed by atoms with Crippen LogP contribution in [-0.2, 0) is 6.42 Å².